The number of anilines is 1. The lowest BCUT2D eigenvalue weighted by Gasteiger charge is -2.16. The van der Waals surface area contributed by atoms with E-state index in [1.807, 2.05) is 0 Å². The predicted molar refractivity (Wildman–Crippen MR) is 92.9 cm³/mol. The van der Waals surface area contributed by atoms with Crippen LogP contribution in [0.15, 0.2) is 53.6 Å². The van der Waals surface area contributed by atoms with Crippen LogP contribution in [0.25, 0.3) is 0 Å². The third kappa shape index (κ3) is 4.32. The van der Waals surface area contributed by atoms with E-state index in [9.17, 15) is 18.3 Å². The van der Waals surface area contributed by atoms with Crippen LogP contribution in [0.4, 0.5) is 5.69 Å². The Morgan fingerprint density at radius 2 is 1.79 bits per heavy atom. The lowest BCUT2D eigenvalue weighted by atomic mass is 10.2. The zero-order valence-corrected chi connectivity index (χ0v) is 14.0. The number of aromatic hydroxyl groups is 1. The largest absolute Gasteiger partial charge is 0.507 e. The highest BCUT2D eigenvalue weighted by molar-refractivity contribution is 7.92. The highest BCUT2D eigenvalue weighted by atomic mass is 32.2. The molecular weight excluding hydrogens is 330 g/mol. The molecule has 0 aromatic heterocycles. The molecule has 0 aliphatic heterocycles. The summed E-state index contributed by atoms with van der Waals surface area (Å²) in [6.07, 6.45) is 2.43. The Morgan fingerprint density at radius 1 is 1.17 bits per heavy atom. The van der Waals surface area contributed by atoms with Gasteiger partial charge in [-0.1, -0.05) is 12.1 Å². The summed E-state index contributed by atoms with van der Waals surface area (Å²) in [5, 5.41) is 13.4. The molecule has 2 aromatic carbocycles. The number of hydrogen-bond donors (Lipinski definition) is 2. The summed E-state index contributed by atoms with van der Waals surface area (Å²) in [4.78, 5) is 12.0. The van der Waals surface area contributed by atoms with Gasteiger partial charge in [0.25, 0.3) is 5.91 Å². The maximum absolute atomic E-state index is 12.0. The molecule has 2 rings (SSSR count). The van der Waals surface area contributed by atoms with E-state index in [1.165, 1.54) is 43.6 Å². The van der Waals surface area contributed by atoms with Crippen LogP contribution in [0.2, 0.25) is 0 Å². The van der Waals surface area contributed by atoms with Gasteiger partial charge in [-0.25, -0.2) is 13.8 Å². The minimum absolute atomic E-state index is 0.0589. The molecular formula is C16H17N3O4S. The van der Waals surface area contributed by atoms with Gasteiger partial charge in [-0.3, -0.25) is 9.10 Å². The molecule has 126 valence electrons. The number of para-hydroxylation sites is 1. The van der Waals surface area contributed by atoms with E-state index >= 15 is 0 Å². The van der Waals surface area contributed by atoms with E-state index < -0.39 is 15.9 Å². The van der Waals surface area contributed by atoms with Gasteiger partial charge in [-0.05, 0) is 36.4 Å². The number of carbonyl (C=O) groups excluding carboxylic acids is 1. The second kappa shape index (κ2) is 7.14. The molecule has 0 unspecified atom stereocenters. The molecule has 0 radical (unpaired) electrons. The van der Waals surface area contributed by atoms with E-state index in [-0.39, 0.29) is 5.75 Å². The number of nitrogens with zero attached hydrogens (tertiary/aromatic N) is 2. The topological polar surface area (TPSA) is 99.1 Å². The SMILES string of the molecule is CN(c1ccc(C(=O)N/N=C\c2ccccc2O)cc1)S(C)(=O)=O. The second-order valence-corrected chi connectivity index (χ2v) is 7.05. The van der Waals surface area contributed by atoms with Crippen LogP contribution in [0.1, 0.15) is 15.9 Å². The maximum Gasteiger partial charge on any atom is 0.271 e. The molecule has 8 heteroatoms. The van der Waals surface area contributed by atoms with Gasteiger partial charge in [0, 0.05) is 18.2 Å². The van der Waals surface area contributed by atoms with Gasteiger partial charge in [0.15, 0.2) is 0 Å². The Labute approximate surface area is 140 Å². The minimum atomic E-state index is -3.35. The number of rotatable bonds is 5. The zero-order chi connectivity index (χ0) is 17.7. The number of hydrazone groups is 1. The van der Waals surface area contributed by atoms with Crippen molar-refractivity contribution in [2.45, 2.75) is 0 Å². The molecule has 0 bridgehead atoms. The number of carbonyl (C=O) groups is 1. The lowest BCUT2D eigenvalue weighted by Crippen LogP contribution is -2.25. The van der Waals surface area contributed by atoms with Crippen LogP contribution in [-0.2, 0) is 10.0 Å². The molecule has 0 fully saturated rings. The van der Waals surface area contributed by atoms with E-state index in [2.05, 4.69) is 10.5 Å². The van der Waals surface area contributed by atoms with E-state index in [4.69, 9.17) is 0 Å². The number of nitrogens with one attached hydrogen (secondary N) is 1. The molecule has 0 atom stereocenters. The molecule has 0 heterocycles. The highest BCUT2D eigenvalue weighted by Gasteiger charge is 2.12. The third-order valence-corrected chi connectivity index (χ3v) is 4.50. The van der Waals surface area contributed by atoms with E-state index in [0.29, 0.717) is 16.8 Å². The molecule has 2 N–H and O–H groups in total. The molecule has 0 saturated heterocycles. The van der Waals surface area contributed by atoms with E-state index in [1.54, 1.807) is 18.2 Å². The Bertz CT molecular complexity index is 861. The number of hydrogen-bond acceptors (Lipinski definition) is 5. The summed E-state index contributed by atoms with van der Waals surface area (Å²) < 4.78 is 24.0. The fourth-order valence-electron chi connectivity index (χ4n) is 1.84. The first-order chi connectivity index (χ1) is 11.3. The van der Waals surface area contributed by atoms with Crippen molar-refractivity contribution in [3.63, 3.8) is 0 Å². The third-order valence-electron chi connectivity index (χ3n) is 3.30. The van der Waals surface area contributed by atoms with Crippen molar-refractivity contribution >= 4 is 27.8 Å². The summed E-state index contributed by atoms with van der Waals surface area (Å²) in [5.74, 6) is -0.390. The first kappa shape index (κ1) is 17.5. The normalized spacial score (nSPS) is 11.4. The average molecular weight is 347 g/mol. The van der Waals surface area contributed by atoms with Gasteiger partial charge in [0.1, 0.15) is 5.75 Å². The first-order valence-electron chi connectivity index (χ1n) is 6.94. The van der Waals surface area contributed by atoms with E-state index in [0.717, 1.165) is 10.6 Å². The summed E-state index contributed by atoms with van der Waals surface area (Å²) in [6.45, 7) is 0. The number of amides is 1. The Hall–Kier alpha value is -2.87. The number of benzene rings is 2. The smallest absolute Gasteiger partial charge is 0.271 e. The standard InChI is InChI=1S/C16H17N3O4S/c1-19(24(2,22)23)14-9-7-12(8-10-14)16(21)18-17-11-13-5-3-4-6-15(13)20/h3-11,20H,1-2H3,(H,18,21)/b17-11-. The predicted octanol–water partition coefficient (Wildman–Crippen LogP) is 1.55. The molecule has 0 spiro atoms. The van der Waals surface area contributed by atoms with Crippen LogP contribution >= 0.6 is 0 Å². The van der Waals surface area contributed by atoms with Crippen molar-refractivity contribution in [1.82, 2.24) is 5.43 Å². The molecule has 24 heavy (non-hydrogen) atoms. The van der Waals surface area contributed by atoms with Crippen molar-refractivity contribution in [3.05, 3.63) is 59.7 Å². The maximum atomic E-state index is 12.0. The summed E-state index contributed by atoms with van der Waals surface area (Å²) in [6, 6.07) is 12.6. The lowest BCUT2D eigenvalue weighted by molar-refractivity contribution is 0.0955. The van der Waals surface area contributed by atoms with Crippen LogP contribution < -0.4 is 9.73 Å². The van der Waals surface area contributed by atoms with Crippen molar-refractivity contribution in [2.24, 2.45) is 5.10 Å². The first-order valence-corrected chi connectivity index (χ1v) is 8.79. The second-order valence-electron chi connectivity index (χ2n) is 5.04. The van der Waals surface area contributed by atoms with Gasteiger partial charge >= 0.3 is 0 Å². The summed E-state index contributed by atoms with van der Waals surface area (Å²) >= 11 is 0. The Morgan fingerprint density at radius 3 is 2.38 bits per heavy atom. The van der Waals surface area contributed by atoms with Crippen molar-refractivity contribution < 1.29 is 18.3 Å². The number of phenolic OH excluding ortho intramolecular Hbond substituents is 1. The summed E-state index contributed by atoms with van der Waals surface area (Å²) in [7, 11) is -1.92. The van der Waals surface area contributed by atoms with Crippen LogP contribution in [0.5, 0.6) is 5.75 Å². The molecule has 0 saturated carbocycles. The molecule has 0 aliphatic rings. The fourth-order valence-corrected chi connectivity index (χ4v) is 2.34. The van der Waals surface area contributed by atoms with Crippen LogP contribution in [0, 0.1) is 0 Å². The minimum Gasteiger partial charge on any atom is -0.507 e. The molecule has 0 aliphatic carbocycles. The quantitative estimate of drug-likeness (QED) is 0.633. The molecule has 1 amide bonds. The van der Waals surface area contributed by atoms with Gasteiger partial charge < -0.3 is 5.11 Å². The Balaban J connectivity index is 2.04. The molecule has 2 aromatic rings. The van der Waals surface area contributed by atoms with Crippen LogP contribution in [0.3, 0.4) is 0 Å². The van der Waals surface area contributed by atoms with Crippen molar-refractivity contribution in [2.75, 3.05) is 17.6 Å². The van der Waals surface area contributed by atoms with Crippen LogP contribution in [-0.4, -0.2) is 38.9 Å². The average Bonchev–Trinajstić information content (AvgIpc) is 2.55. The monoisotopic (exact) mass is 347 g/mol. The number of phenols is 1. The zero-order valence-electron chi connectivity index (χ0n) is 13.2. The number of sulfonamides is 1. The van der Waals surface area contributed by atoms with Crippen molar-refractivity contribution in [1.29, 1.82) is 0 Å². The van der Waals surface area contributed by atoms with Gasteiger partial charge in [0.05, 0.1) is 18.2 Å². The summed E-state index contributed by atoms with van der Waals surface area (Å²) in [5.41, 5.74) is 3.60. The van der Waals surface area contributed by atoms with Gasteiger partial charge in [-0.2, -0.15) is 5.10 Å². The molecule has 7 nitrogen and oxygen atoms in total. The van der Waals surface area contributed by atoms with Gasteiger partial charge in [-0.15, -0.1) is 0 Å². The highest BCUT2D eigenvalue weighted by Crippen LogP contribution is 2.16. The Kier molecular flexibility index (Phi) is 5.20. The fraction of sp³-hybridized carbons (Fsp3) is 0.125. The van der Waals surface area contributed by atoms with Gasteiger partial charge in [0.2, 0.25) is 10.0 Å². The van der Waals surface area contributed by atoms with Crippen molar-refractivity contribution in [3.8, 4) is 5.75 Å².